The molecule has 3 aromatic rings. The highest BCUT2D eigenvalue weighted by atomic mass is 32.1. The SMILES string of the molecule is Cc1cn2nc([C@@H]3CCCCN3C(C)c3scc4c3OCCO4)cc2nc1N1CC[C@H](N)C1. The molecule has 3 atom stereocenters. The quantitative estimate of drug-likeness (QED) is 0.625. The number of hydrogen-bond donors (Lipinski definition) is 1. The first-order valence-corrected chi connectivity index (χ1v) is 13.0. The van der Waals surface area contributed by atoms with Gasteiger partial charge in [-0.15, -0.1) is 11.3 Å². The molecule has 2 fully saturated rings. The number of rotatable bonds is 4. The van der Waals surface area contributed by atoms with E-state index in [0.717, 1.165) is 66.7 Å². The molecule has 8 nitrogen and oxygen atoms in total. The number of fused-ring (bicyclic) bond motifs is 2. The summed E-state index contributed by atoms with van der Waals surface area (Å²) in [5.41, 5.74) is 9.30. The molecule has 9 heteroatoms. The van der Waals surface area contributed by atoms with Gasteiger partial charge in [0.05, 0.1) is 16.6 Å². The average Bonchev–Trinajstić information content (AvgIpc) is 3.55. The van der Waals surface area contributed by atoms with E-state index in [1.54, 1.807) is 11.3 Å². The van der Waals surface area contributed by atoms with Gasteiger partial charge in [-0.2, -0.15) is 5.10 Å². The fraction of sp³-hybridized carbons (Fsp3) is 0.583. The largest absolute Gasteiger partial charge is 0.485 e. The van der Waals surface area contributed by atoms with Crippen molar-refractivity contribution < 1.29 is 9.47 Å². The third-order valence-electron chi connectivity index (χ3n) is 7.24. The smallest absolute Gasteiger partial charge is 0.176 e. The molecule has 0 bridgehead atoms. The molecule has 1 unspecified atom stereocenters. The lowest BCUT2D eigenvalue weighted by molar-refractivity contribution is 0.0976. The van der Waals surface area contributed by atoms with E-state index < -0.39 is 0 Å². The molecule has 0 saturated carbocycles. The van der Waals surface area contributed by atoms with Gasteiger partial charge in [0.25, 0.3) is 0 Å². The summed E-state index contributed by atoms with van der Waals surface area (Å²) in [7, 11) is 0. The normalized spacial score (nSPS) is 24.5. The summed E-state index contributed by atoms with van der Waals surface area (Å²) in [6.07, 6.45) is 6.66. The molecule has 0 radical (unpaired) electrons. The highest BCUT2D eigenvalue weighted by molar-refractivity contribution is 7.10. The third kappa shape index (κ3) is 3.76. The number of nitrogens with zero attached hydrogens (tertiary/aromatic N) is 5. The van der Waals surface area contributed by atoms with E-state index in [4.69, 9.17) is 25.3 Å². The highest BCUT2D eigenvalue weighted by Gasteiger charge is 2.34. The molecule has 3 aliphatic heterocycles. The Labute approximate surface area is 198 Å². The molecule has 3 aromatic heterocycles. The minimum atomic E-state index is 0.234. The van der Waals surface area contributed by atoms with Gasteiger partial charge >= 0.3 is 0 Å². The van der Waals surface area contributed by atoms with Crippen LogP contribution >= 0.6 is 11.3 Å². The molecule has 0 aromatic carbocycles. The maximum Gasteiger partial charge on any atom is 0.176 e. The second kappa shape index (κ2) is 8.45. The number of nitrogens with two attached hydrogens (primary N) is 1. The van der Waals surface area contributed by atoms with E-state index >= 15 is 0 Å². The molecule has 176 valence electrons. The number of anilines is 1. The van der Waals surface area contributed by atoms with E-state index in [-0.39, 0.29) is 18.1 Å². The third-order valence-corrected chi connectivity index (χ3v) is 8.35. The van der Waals surface area contributed by atoms with Crippen LogP contribution in [0.25, 0.3) is 5.65 Å². The first kappa shape index (κ1) is 21.2. The van der Waals surface area contributed by atoms with E-state index in [1.165, 1.54) is 17.7 Å². The predicted octanol–water partition coefficient (Wildman–Crippen LogP) is 3.70. The van der Waals surface area contributed by atoms with Gasteiger partial charge in [0.2, 0.25) is 0 Å². The summed E-state index contributed by atoms with van der Waals surface area (Å²) in [6, 6.07) is 2.92. The van der Waals surface area contributed by atoms with Gasteiger partial charge in [-0.25, -0.2) is 9.50 Å². The molecule has 3 aliphatic rings. The van der Waals surface area contributed by atoms with Crippen LogP contribution in [0, 0.1) is 6.92 Å². The second-order valence-corrected chi connectivity index (χ2v) is 10.4. The number of thiophene rings is 1. The molecule has 0 aliphatic carbocycles. The monoisotopic (exact) mass is 468 g/mol. The Kier molecular flexibility index (Phi) is 5.43. The van der Waals surface area contributed by atoms with Crippen LogP contribution in [-0.4, -0.2) is 58.4 Å². The standard InChI is InChI=1S/C24H32N6O2S/c1-15-12-30-21(26-24(15)28-8-6-17(25)13-28)11-18(27-30)19-5-3-4-7-29(19)16(2)23-22-20(14-33-23)31-9-10-32-22/h11-12,14,16-17,19H,3-10,13,25H2,1-2H3/t16?,17-,19-/m0/s1. The van der Waals surface area contributed by atoms with E-state index in [1.807, 2.05) is 4.52 Å². The van der Waals surface area contributed by atoms with Crippen molar-refractivity contribution in [2.24, 2.45) is 5.73 Å². The van der Waals surface area contributed by atoms with Crippen molar-refractivity contribution in [1.29, 1.82) is 0 Å². The Morgan fingerprint density at radius 1 is 1.18 bits per heavy atom. The lowest BCUT2D eigenvalue weighted by atomic mass is 9.97. The van der Waals surface area contributed by atoms with Crippen LogP contribution in [0.3, 0.4) is 0 Å². The van der Waals surface area contributed by atoms with Gasteiger partial charge in [0, 0.05) is 48.4 Å². The van der Waals surface area contributed by atoms with Crippen LogP contribution in [-0.2, 0) is 0 Å². The number of likely N-dealkylation sites (tertiary alicyclic amines) is 1. The number of hydrogen-bond acceptors (Lipinski definition) is 8. The topological polar surface area (TPSA) is 81.2 Å². The van der Waals surface area contributed by atoms with Crippen molar-refractivity contribution >= 4 is 22.8 Å². The fourth-order valence-electron chi connectivity index (χ4n) is 5.54. The lowest BCUT2D eigenvalue weighted by Crippen LogP contribution is -2.35. The van der Waals surface area contributed by atoms with Gasteiger partial charge in [0.15, 0.2) is 17.1 Å². The van der Waals surface area contributed by atoms with Crippen LogP contribution in [0.2, 0.25) is 0 Å². The Bertz CT molecular complexity index is 1160. The van der Waals surface area contributed by atoms with Crippen LogP contribution in [0.5, 0.6) is 11.5 Å². The summed E-state index contributed by atoms with van der Waals surface area (Å²) in [5.74, 6) is 2.87. The van der Waals surface area contributed by atoms with Crippen molar-refractivity contribution in [3.63, 3.8) is 0 Å². The minimum absolute atomic E-state index is 0.234. The molecule has 6 rings (SSSR count). The Hall–Kier alpha value is -2.36. The van der Waals surface area contributed by atoms with E-state index in [9.17, 15) is 0 Å². The zero-order valence-corrected chi connectivity index (χ0v) is 20.2. The molecular weight excluding hydrogens is 436 g/mol. The molecule has 0 amide bonds. The van der Waals surface area contributed by atoms with E-state index in [2.05, 4.69) is 41.3 Å². The zero-order chi connectivity index (χ0) is 22.5. The molecule has 2 saturated heterocycles. The van der Waals surface area contributed by atoms with Crippen LogP contribution in [0.15, 0.2) is 17.6 Å². The average molecular weight is 469 g/mol. The Morgan fingerprint density at radius 3 is 2.91 bits per heavy atom. The molecule has 6 heterocycles. The van der Waals surface area contributed by atoms with Gasteiger partial charge in [0.1, 0.15) is 19.0 Å². The van der Waals surface area contributed by atoms with Gasteiger partial charge < -0.3 is 20.1 Å². The number of ether oxygens (including phenoxy) is 2. The molecular formula is C24H32N6O2S. The first-order chi connectivity index (χ1) is 16.1. The van der Waals surface area contributed by atoms with Gasteiger partial charge in [-0.3, -0.25) is 4.90 Å². The highest BCUT2D eigenvalue weighted by Crippen LogP contribution is 2.47. The van der Waals surface area contributed by atoms with Crippen molar-refractivity contribution in [1.82, 2.24) is 19.5 Å². The zero-order valence-electron chi connectivity index (χ0n) is 19.4. The number of aromatic nitrogens is 3. The van der Waals surface area contributed by atoms with E-state index in [0.29, 0.717) is 13.2 Å². The maximum atomic E-state index is 6.14. The fourth-order valence-corrected chi connectivity index (χ4v) is 6.55. The summed E-state index contributed by atoms with van der Waals surface area (Å²) < 4.78 is 13.7. The molecule has 2 N–H and O–H groups in total. The van der Waals surface area contributed by atoms with Crippen LogP contribution in [0.4, 0.5) is 5.82 Å². The molecule has 33 heavy (non-hydrogen) atoms. The Balaban J connectivity index is 1.31. The summed E-state index contributed by atoms with van der Waals surface area (Å²) >= 11 is 1.74. The van der Waals surface area contributed by atoms with Crippen molar-refractivity contribution in [2.75, 3.05) is 37.7 Å². The van der Waals surface area contributed by atoms with Crippen molar-refractivity contribution in [3.05, 3.63) is 33.8 Å². The van der Waals surface area contributed by atoms with Gasteiger partial charge in [-0.1, -0.05) is 6.42 Å². The minimum Gasteiger partial charge on any atom is -0.485 e. The molecule has 0 spiro atoms. The first-order valence-electron chi connectivity index (χ1n) is 12.1. The number of aryl methyl sites for hydroxylation is 1. The summed E-state index contributed by atoms with van der Waals surface area (Å²) in [4.78, 5) is 11.1. The van der Waals surface area contributed by atoms with Crippen LogP contribution in [0.1, 0.15) is 60.8 Å². The summed E-state index contributed by atoms with van der Waals surface area (Å²) in [5, 5.41) is 7.08. The van der Waals surface area contributed by atoms with Gasteiger partial charge in [-0.05, 0) is 39.7 Å². The van der Waals surface area contributed by atoms with Crippen molar-refractivity contribution in [2.45, 2.75) is 57.7 Å². The summed E-state index contributed by atoms with van der Waals surface area (Å²) in [6.45, 7) is 8.54. The second-order valence-electron chi connectivity index (χ2n) is 9.53. The Morgan fingerprint density at radius 2 is 2.06 bits per heavy atom. The maximum absolute atomic E-state index is 6.14. The lowest BCUT2D eigenvalue weighted by Gasteiger charge is -2.39. The predicted molar refractivity (Wildman–Crippen MR) is 130 cm³/mol. The van der Waals surface area contributed by atoms with Crippen molar-refractivity contribution in [3.8, 4) is 11.5 Å². The number of piperidine rings is 1. The van der Waals surface area contributed by atoms with Crippen LogP contribution < -0.4 is 20.1 Å².